The van der Waals surface area contributed by atoms with E-state index in [-0.39, 0.29) is 0 Å². The highest BCUT2D eigenvalue weighted by Gasteiger charge is 2.10. The van der Waals surface area contributed by atoms with Gasteiger partial charge in [0.2, 0.25) is 0 Å². The Morgan fingerprint density at radius 2 is 1.86 bits per heavy atom. The third kappa shape index (κ3) is 4.64. The van der Waals surface area contributed by atoms with Crippen LogP contribution < -0.4 is 10.2 Å². The van der Waals surface area contributed by atoms with Crippen molar-refractivity contribution in [1.82, 2.24) is 5.32 Å². The fraction of sp³-hybridized carbons (Fsp3) is 0.444. The molecule has 1 heterocycles. The molecule has 0 fully saturated rings. The molecule has 0 aliphatic heterocycles. The number of benzene rings is 1. The summed E-state index contributed by atoms with van der Waals surface area (Å²) in [7, 11) is 2.10. The third-order valence-electron chi connectivity index (χ3n) is 3.56. The Morgan fingerprint density at radius 1 is 1.14 bits per heavy atom. The fourth-order valence-electron chi connectivity index (χ4n) is 2.26. The first-order valence-electron chi connectivity index (χ1n) is 7.60. The van der Waals surface area contributed by atoms with E-state index in [1.54, 1.807) is 6.26 Å². The van der Waals surface area contributed by atoms with Crippen molar-refractivity contribution in [3.63, 3.8) is 0 Å². The van der Waals surface area contributed by atoms with Gasteiger partial charge in [-0.25, -0.2) is 0 Å². The van der Waals surface area contributed by atoms with Crippen LogP contribution in [0.1, 0.15) is 30.7 Å². The smallest absolute Gasteiger partial charge is 0.127 e. The van der Waals surface area contributed by atoms with Crippen molar-refractivity contribution in [2.24, 2.45) is 5.92 Å². The molecule has 2 aromatic rings. The molecule has 0 aliphatic rings. The summed E-state index contributed by atoms with van der Waals surface area (Å²) < 4.78 is 5.66. The molecule has 1 aromatic carbocycles. The minimum absolute atomic E-state index is 0.663. The van der Waals surface area contributed by atoms with Crippen molar-refractivity contribution >= 4 is 5.69 Å². The van der Waals surface area contributed by atoms with Gasteiger partial charge in [0.05, 0.1) is 12.8 Å². The van der Waals surface area contributed by atoms with Crippen LogP contribution >= 0.6 is 0 Å². The van der Waals surface area contributed by atoms with Crippen molar-refractivity contribution in [3.8, 4) is 0 Å². The number of rotatable bonds is 7. The summed E-state index contributed by atoms with van der Waals surface area (Å²) in [5, 5.41) is 3.47. The summed E-state index contributed by atoms with van der Waals surface area (Å²) >= 11 is 0. The van der Waals surface area contributed by atoms with E-state index in [0.717, 1.165) is 25.4 Å². The molecule has 0 unspecified atom stereocenters. The molecule has 1 aromatic heterocycles. The van der Waals surface area contributed by atoms with Gasteiger partial charge in [0.1, 0.15) is 5.76 Å². The maximum absolute atomic E-state index is 5.66. The SMILES string of the molecule is Cc1ccc(N(C)Cc2occc2CNCC(C)C)cc1. The van der Waals surface area contributed by atoms with E-state index < -0.39 is 0 Å². The van der Waals surface area contributed by atoms with Crippen LogP contribution in [0.25, 0.3) is 0 Å². The van der Waals surface area contributed by atoms with Crippen LogP contribution in [-0.2, 0) is 13.1 Å². The summed E-state index contributed by atoms with van der Waals surface area (Å²) in [6, 6.07) is 10.6. The molecular weight excluding hydrogens is 260 g/mol. The molecule has 114 valence electrons. The minimum Gasteiger partial charge on any atom is -0.467 e. The first kappa shape index (κ1) is 15.6. The van der Waals surface area contributed by atoms with Crippen molar-refractivity contribution in [2.45, 2.75) is 33.9 Å². The lowest BCUT2D eigenvalue weighted by atomic mass is 10.2. The van der Waals surface area contributed by atoms with E-state index in [1.807, 2.05) is 0 Å². The number of nitrogens with zero attached hydrogens (tertiary/aromatic N) is 1. The summed E-state index contributed by atoms with van der Waals surface area (Å²) in [6.07, 6.45) is 1.78. The number of anilines is 1. The van der Waals surface area contributed by atoms with E-state index in [9.17, 15) is 0 Å². The summed E-state index contributed by atoms with van der Waals surface area (Å²) in [4.78, 5) is 2.21. The second-order valence-corrected chi connectivity index (χ2v) is 6.09. The van der Waals surface area contributed by atoms with Gasteiger partial charge in [-0.15, -0.1) is 0 Å². The quantitative estimate of drug-likeness (QED) is 0.835. The summed E-state index contributed by atoms with van der Waals surface area (Å²) in [6.45, 7) is 9.22. The van der Waals surface area contributed by atoms with Crippen LogP contribution in [-0.4, -0.2) is 13.6 Å². The highest BCUT2D eigenvalue weighted by atomic mass is 16.3. The lowest BCUT2D eigenvalue weighted by molar-refractivity contribution is 0.494. The van der Waals surface area contributed by atoms with Gasteiger partial charge >= 0.3 is 0 Å². The molecule has 0 saturated heterocycles. The van der Waals surface area contributed by atoms with Gasteiger partial charge < -0.3 is 14.6 Å². The zero-order valence-electron chi connectivity index (χ0n) is 13.5. The topological polar surface area (TPSA) is 28.4 Å². The number of nitrogens with one attached hydrogen (secondary N) is 1. The van der Waals surface area contributed by atoms with Gasteiger partial charge in [-0.05, 0) is 37.6 Å². The number of hydrogen-bond acceptors (Lipinski definition) is 3. The van der Waals surface area contributed by atoms with Gasteiger partial charge in [-0.1, -0.05) is 31.5 Å². The van der Waals surface area contributed by atoms with Gasteiger partial charge in [0, 0.05) is 24.8 Å². The van der Waals surface area contributed by atoms with Crippen LogP contribution in [0.5, 0.6) is 0 Å². The van der Waals surface area contributed by atoms with E-state index in [4.69, 9.17) is 4.42 Å². The van der Waals surface area contributed by atoms with Gasteiger partial charge in [-0.2, -0.15) is 0 Å². The Balaban J connectivity index is 1.96. The predicted molar refractivity (Wildman–Crippen MR) is 88.5 cm³/mol. The molecule has 21 heavy (non-hydrogen) atoms. The van der Waals surface area contributed by atoms with Crippen molar-refractivity contribution < 1.29 is 4.42 Å². The Morgan fingerprint density at radius 3 is 2.52 bits per heavy atom. The average molecular weight is 286 g/mol. The molecule has 0 amide bonds. The number of furan rings is 1. The first-order chi connectivity index (χ1) is 10.1. The molecule has 0 atom stereocenters. The van der Waals surface area contributed by atoms with Crippen molar-refractivity contribution in [2.75, 3.05) is 18.5 Å². The first-order valence-corrected chi connectivity index (χ1v) is 7.60. The van der Waals surface area contributed by atoms with E-state index in [2.05, 4.69) is 68.4 Å². The maximum Gasteiger partial charge on any atom is 0.127 e. The molecule has 3 heteroatoms. The monoisotopic (exact) mass is 286 g/mol. The Kier molecular flexibility index (Phi) is 5.45. The van der Waals surface area contributed by atoms with E-state index >= 15 is 0 Å². The van der Waals surface area contributed by atoms with Gasteiger partial charge in [0.15, 0.2) is 0 Å². The molecule has 0 bridgehead atoms. The molecule has 0 saturated carbocycles. The Hall–Kier alpha value is -1.74. The average Bonchev–Trinajstić information content (AvgIpc) is 2.86. The van der Waals surface area contributed by atoms with Crippen LogP contribution in [0.2, 0.25) is 0 Å². The zero-order chi connectivity index (χ0) is 15.2. The standard InChI is InChI=1S/C18H26N2O/c1-14(2)11-19-12-16-9-10-21-18(16)13-20(4)17-7-5-15(3)6-8-17/h5-10,14,19H,11-13H2,1-4H3. The number of aryl methyl sites for hydroxylation is 1. The van der Waals surface area contributed by atoms with Crippen LogP contribution in [0.4, 0.5) is 5.69 Å². The van der Waals surface area contributed by atoms with Crippen molar-refractivity contribution in [3.05, 3.63) is 53.5 Å². The molecular formula is C18H26N2O. The predicted octanol–water partition coefficient (Wildman–Crippen LogP) is 3.97. The van der Waals surface area contributed by atoms with E-state index in [0.29, 0.717) is 5.92 Å². The summed E-state index contributed by atoms with van der Waals surface area (Å²) in [5.41, 5.74) is 3.73. The molecule has 0 aliphatic carbocycles. The van der Waals surface area contributed by atoms with Crippen molar-refractivity contribution in [1.29, 1.82) is 0 Å². The lowest BCUT2D eigenvalue weighted by Crippen LogP contribution is -2.21. The highest BCUT2D eigenvalue weighted by molar-refractivity contribution is 5.47. The molecule has 1 N–H and O–H groups in total. The van der Waals surface area contributed by atoms with Crippen LogP contribution in [0, 0.1) is 12.8 Å². The van der Waals surface area contributed by atoms with Gasteiger partial charge in [0.25, 0.3) is 0 Å². The second-order valence-electron chi connectivity index (χ2n) is 6.09. The lowest BCUT2D eigenvalue weighted by Gasteiger charge is -2.19. The van der Waals surface area contributed by atoms with Crippen LogP contribution in [0.3, 0.4) is 0 Å². The summed E-state index contributed by atoms with van der Waals surface area (Å²) in [5.74, 6) is 1.70. The third-order valence-corrected chi connectivity index (χ3v) is 3.56. The second kappa shape index (κ2) is 7.32. The normalized spacial score (nSPS) is 11.1. The maximum atomic E-state index is 5.66. The zero-order valence-corrected chi connectivity index (χ0v) is 13.5. The van der Waals surface area contributed by atoms with E-state index in [1.165, 1.54) is 16.8 Å². The fourth-order valence-corrected chi connectivity index (χ4v) is 2.26. The number of hydrogen-bond donors (Lipinski definition) is 1. The largest absolute Gasteiger partial charge is 0.467 e. The Labute approximate surface area is 128 Å². The highest BCUT2D eigenvalue weighted by Crippen LogP contribution is 2.19. The Bertz CT molecular complexity index is 543. The van der Waals surface area contributed by atoms with Crippen LogP contribution in [0.15, 0.2) is 41.0 Å². The molecule has 2 rings (SSSR count). The minimum atomic E-state index is 0.663. The molecule has 0 radical (unpaired) electrons. The molecule has 0 spiro atoms. The van der Waals surface area contributed by atoms with Gasteiger partial charge in [-0.3, -0.25) is 0 Å². The molecule has 3 nitrogen and oxygen atoms in total.